The van der Waals surface area contributed by atoms with Crippen LogP contribution in [0.4, 0.5) is 5.69 Å². The molecule has 1 aliphatic rings. The molecule has 1 aromatic heterocycles. The Morgan fingerprint density at radius 1 is 1.32 bits per heavy atom. The number of amides is 1. The summed E-state index contributed by atoms with van der Waals surface area (Å²) in [4.78, 5) is 23.0. The van der Waals surface area contributed by atoms with Crippen molar-refractivity contribution in [1.82, 2.24) is 5.16 Å². The molecule has 6 heteroatoms. The molecule has 2 aromatic rings. The predicted molar refractivity (Wildman–Crippen MR) is 78.9 cm³/mol. The monoisotopic (exact) mass is 300 g/mol. The van der Waals surface area contributed by atoms with Gasteiger partial charge in [-0.2, -0.15) is 0 Å². The van der Waals surface area contributed by atoms with E-state index in [0.717, 1.165) is 18.5 Å². The van der Waals surface area contributed by atoms with Crippen molar-refractivity contribution in [3.8, 4) is 0 Å². The molecule has 114 valence electrons. The molecule has 3 rings (SSSR count). The second-order valence-corrected chi connectivity index (χ2v) is 5.53. The highest BCUT2D eigenvalue weighted by molar-refractivity contribution is 6.02. The lowest BCUT2D eigenvalue weighted by atomic mass is 10.0. The number of rotatable bonds is 5. The van der Waals surface area contributed by atoms with E-state index in [4.69, 9.17) is 9.63 Å². The number of nitrogens with zero attached hydrogens (tertiary/aromatic N) is 1. The molecular formula is C16H16N2O4. The standard InChI is InChI=1S/C16H16N2O4/c1-9(16(20)21)10-4-6-12(7-5-10)17-15(19)14-8-13(18-22-14)11-2-3-11/h4-9,11H,2-3H2,1H3,(H,17,19)(H,20,21). The summed E-state index contributed by atoms with van der Waals surface area (Å²) in [5, 5.41) is 15.6. The van der Waals surface area contributed by atoms with E-state index in [1.165, 1.54) is 0 Å². The average molecular weight is 300 g/mol. The number of carboxylic acids is 1. The van der Waals surface area contributed by atoms with Crippen LogP contribution in [0.3, 0.4) is 0 Å². The summed E-state index contributed by atoms with van der Waals surface area (Å²) in [6.45, 7) is 1.61. The Kier molecular flexibility index (Phi) is 3.66. The van der Waals surface area contributed by atoms with E-state index < -0.39 is 11.9 Å². The van der Waals surface area contributed by atoms with Crippen molar-refractivity contribution in [2.24, 2.45) is 0 Å². The van der Waals surface area contributed by atoms with Crippen molar-refractivity contribution in [2.75, 3.05) is 5.32 Å². The second kappa shape index (κ2) is 5.63. The van der Waals surface area contributed by atoms with E-state index in [-0.39, 0.29) is 11.7 Å². The summed E-state index contributed by atoms with van der Waals surface area (Å²) in [6.07, 6.45) is 2.19. The largest absolute Gasteiger partial charge is 0.481 e. The third-order valence-corrected chi connectivity index (χ3v) is 3.79. The van der Waals surface area contributed by atoms with E-state index in [9.17, 15) is 9.59 Å². The van der Waals surface area contributed by atoms with Crippen LogP contribution < -0.4 is 5.32 Å². The summed E-state index contributed by atoms with van der Waals surface area (Å²) in [6, 6.07) is 8.39. The van der Waals surface area contributed by atoms with Crippen molar-refractivity contribution in [3.63, 3.8) is 0 Å². The maximum absolute atomic E-state index is 12.1. The normalized spacial score (nSPS) is 15.3. The van der Waals surface area contributed by atoms with E-state index >= 15 is 0 Å². The zero-order valence-electron chi connectivity index (χ0n) is 12.1. The first kappa shape index (κ1) is 14.3. The van der Waals surface area contributed by atoms with Gasteiger partial charge in [0.25, 0.3) is 5.91 Å². The number of carboxylic acid groups (broad SMARTS) is 1. The van der Waals surface area contributed by atoms with Crippen LogP contribution in [0.1, 0.15) is 53.4 Å². The molecule has 0 saturated heterocycles. The number of nitrogens with one attached hydrogen (secondary N) is 1. The number of benzene rings is 1. The number of carbonyl (C=O) groups excluding carboxylic acids is 1. The number of hydrogen-bond acceptors (Lipinski definition) is 4. The number of carbonyl (C=O) groups is 2. The summed E-state index contributed by atoms with van der Waals surface area (Å²) in [7, 11) is 0. The maximum Gasteiger partial charge on any atom is 0.310 e. The van der Waals surface area contributed by atoms with Crippen molar-refractivity contribution >= 4 is 17.6 Å². The number of hydrogen-bond donors (Lipinski definition) is 2. The summed E-state index contributed by atoms with van der Waals surface area (Å²) in [5.74, 6) is -1.21. The van der Waals surface area contributed by atoms with Crippen LogP contribution in [-0.2, 0) is 4.79 Å². The highest BCUT2D eigenvalue weighted by Crippen LogP contribution is 2.39. The fourth-order valence-electron chi connectivity index (χ4n) is 2.16. The molecule has 1 fully saturated rings. The molecule has 2 N–H and O–H groups in total. The van der Waals surface area contributed by atoms with Gasteiger partial charge in [0.1, 0.15) is 0 Å². The number of aromatic nitrogens is 1. The van der Waals surface area contributed by atoms with Crippen molar-refractivity contribution in [2.45, 2.75) is 31.6 Å². The van der Waals surface area contributed by atoms with Gasteiger partial charge in [0.15, 0.2) is 0 Å². The first-order chi connectivity index (χ1) is 10.5. The van der Waals surface area contributed by atoms with Crippen LogP contribution >= 0.6 is 0 Å². The van der Waals surface area contributed by atoms with Gasteiger partial charge in [0, 0.05) is 17.7 Å². The van der Waals surface area contributed by atoms with Gasteiger partial charge >= 0.3 is 5.97 Å². The number of anilines is 1. The Bertz CT molecular complexity index is 701. The van der Waals surface area contributed by atoms with Gasteiger partial charge in [-0.1, -0.05) is 17.3 Å². The smallest absolute Gasteiger partial charge is 0.310 e. The molecule has 1 heterocycles. The van der Waals surface area contributed by atoms with E-state index in [2.05, 4.69) is 10.5 Å². The molecule has 22 heavy (non-hydrogen) atoms. The molecular weight excluding hydrogens is 284 g/mol. The Morgan fingerprint density at radius 2 is 2.00 bits per heavy atom. The first-order valence-corrected chi connectivity index (χ1v) is 7.15. The average Bonchev–Trinajstić information content (AvgIpc) is 3.24. The molecule has 0 spiro atoms. The molecule has 6 nitrogen and oxygen atoms in total. The van der Waals surface area contributed by atoms with Crippen LogP contribution in [0.2, 0.25) is 0 Å². The highest BCUT2D eigenvalue weighted by atomic mass is 16.5. The molecule has 1 saturated carbocycles. The van der Waals surface area contributed by atoms with Crippen molar-refractivity contribution in [3.05, 3.63) is 47.3 Å². The van der Waals surface area contributed by atoms with Gasteiger partial charge in [0.05, 0.1) is 11.6 Å². The van der Waals surface area contributed by atoms with Gasteiger partial charge < -0.3 is 14.9 Å². The third-order valence-electron chi connectivity index (χ3n) is 3.79. The topological polar surface area (TPSA) is 92.4 Å². The first-order valence-electron chi connectivity index (χ1n) is 7.15. The minimum atomic E-state index is -0.883. The SMILES string of the molecule is CC(C(=O)O)c1ccc(NC(=O)c2cc(C3CC3)no2)cc1. The van der Waals surface area contributed by atoms with Crippen LogP contribution in [-0.4, -0.2) is 22.1 Å². The van der Waals surface area contributed by atoms with E-state index in [1.54, 1.807) is 37.3 Å². The molecule has 0 aliphatic heterocycles. The van der Waals surface area contributed by atoms with Crippen LogP contribution in [0, 0.1) is 0 Å². The Hall–Kier alpha value is -2.63. The molecule has 0 radical (unpaired) electrons. The summed E-state index contributed by atoms with van der Waals surface area (Å²) < 4.78 is 5.05. The second-order valence-electron chi connectivity index (χ2n) is 5.53. The predicted octanol–water partition coefficient (Wildman–Crippen LogP) is 2.99. The van der Waals surface area contributed by atoms with E-state index in [1.807, 2.05) is 0 Å². The van der Waals surface area contributed by atoms with Crippen LogP contribution in [0.15, 0.2) is 34.9 Å². The van der Waals surface area contributed by atoms with E-state index in [0.29, 0.717) is 17.2 Å². The summed E-state index contributed by atoms with van der Waals surface area (Å²) >= 11 is 0. The van der Waals surface area contributed by atoms with Gasteiger partial charge in [-0.25, -0.2) is 0 Å². The minimum Gasteiger partial charge on any atom is -0.481 e. The lowest BCUT2D eigenvalue weighted by molar-refractivity contribution is -0.138. The Balaban J connectivity index is 1.66. The summed E-state index contributed by atoms with van der Waals surface area (Å²) in [5.41, 5.74) is 2.09. The fourth-order valence-corrected chi connectivity index (χ4v) is 2.16. The van der Waals surface area contributed by atoms with Crippen molar-refractivity contribution in [1.29, 1.82) is 0 Å². The molecule has 0 bridgehead atoms. The van der Waals surface area contributed by atoms with Gasteiger partial charge in [-0.05, 0) is 37.5 Å². The fraction of sp³-hybridized carbons (Fsp3) is 0.312. The van der Waals surface area contributed by atoms with Gasteiger partial charge in [0.2, 0.25) is 5.76 Å². The molecule has 1 atom stereocenters. The van der Waals surface area contributed by atoms with Crippen LogP contribution in [0.5, 0.6) is 0 Å². The quantitative estimate of drug-likeness (QED) is 0.885. The minimum absolute atomic E-state index is 0.185. The molecule has 1 unspecified atom stereocenters. The number of aliphatic carboxylic acids is 1. The molecule has 1 aliphatic carbocycles. The lowest BCUT2D eigenvalue weighted by Crippen LogP contribution is -2.11. The zero-order chi connectivity index (χ0) is 15.7. The molecule has 1 aromatic carbocycles. The Morgan fingerprint density at radius 3 is 2.59 bits per heavy atom. The van der Waals surface area contributed by atoms with Gasteiger partial charge in [-0.15, -0.1) is 0 Å². The Labute approximate surface area is 127 Å². The lowest BCUT2D eigenvalue weighted by Gasteiger charge is -2.08. The highest BCUT2D eigenvalue weighted by Gasteiger charge is 2.28. The van der Waals surface area contributed by atoms with Crippen LogP contribution in [0.25, 0.3) is 0 Å². The van der Waals surface area contributed by atoms with Gasteiger partial charge in [-0.3, -0.25) is 9.59 Å². The zero-order valence-corrected chi connectivity index (χ0v) is 12.1. The molecule has 1 amide bonds. The third kappa shape index (κ3) is 3.00. The van der Waals surface area contributed by atoms with Crippen molar-refractivity contribution < 1.29 is 19.2 Å². The maximum atomic E-state index is 12.1.